The number of amides is 3. The topological polar surface area (TPSA) is 79.0 Å². The van der Waals surface area contributed by atoms with Crippen LogP contribution in [0.3, 0.4) is 0 Å². The molecule has 2 fully saturated rings. The van der Waals surface area contributed by atoms with Crippen molar-refractivity contribution in [3.05, 3.63) is 29.8 Å². The molecule has 1 aliphatic heterocycles. The molecule has 0 unspecified atom stereocenters. The average molecular weight is 345 g/mol. The van der Waals surface area contributed by atoms with Crippen LogP contribution in [0.2, 0.25) is 0 Å². The van der Waals surface area contributed by atoms with Crippen molar-refractivity contribution in [3.63, 3.8) is 0 Å². The van der Waals surface area contributed by atoms with E-state index in [1.807, 2.05) is 24.3 Å². The number of hydrogen-bond donors (Lipinski definition) is 1. The molecule has 2 aliphatic rings. The molecule has 1 aliphatic carbocycles. The standard InChI is InChI=1S/C18H23N3O4/c1-25-15-5-3-2-4-14(15)12-19-16(23)18(6-7-18)17(24)21-10-8-20(13-22)9-11-21/h2-5,13H,6-12H2,1H3,(H,19,23). The molecule has 25 heavy (non-hydrogen) atoms. The van der Waals surface area contributed by atoms with Crippen molar-refractivity contribution in [1.29, 1.82) is 0 Å². The molecule has 1 saturated carbocycles. The SMILES string of the molecule is COc1ccccc1CNC(=O)C1(C(=O)N2CCN(C=O)CC2)CC1. The van der Waals surface area contributed by atoms with Gasteiger partial charge in [-0.15, -0.1) is 0 Å². The number of methoxy groups -OCH3 is 1. The van der Waals surface area contributed by atoms with E-state index in [-0.39, 0.29) is 11.8 Å². The van der Waals surface area contributed by atoms with Crippen molar-refractivity contribution in [2.24, 2.45) is 5.41 Å². The van der Waals surface area contributed by atoms with Gasteiger partial charge in [0.15, 0.2) is 0 Å². The van der Waals surface area contributed by atoms with Crippen LogP contribution in [-0.2, 0) is 20.9 Å². The van der Waals surface area contributed by atoms with Gasteiger partial charge in [0, 0.05) is 38.3 Å². The van der Waals surface area contributed by atoms with E-state index in [2.05, 4.69) is 5.32 Å². The second-order valence-corrected chi connectivity index (χ2v) is 6.51. The first-order valence-corrected chi connectivity index (χ1v) is 8.49. The largest absolute Gasteiger partial charge is 0.496 e. The maximum Gasteiger partial charge on any atom is 0.238 e. The summed E-state index contributed by atoms with van der Waals surface area (Å²) in [4.78, 5) is 39.5. The van der Waals surface area contributed by atoms with Gasteiger partial charge < -0.3 is 19.9 Å². The molecule has 0 atom stereocenters. The number of hydrogen-bond acceptors (Lipinski definition) is 4. The normalized spacial score (nSPS) is 18.4. The van der Waals surface area contributed by atoms with Crippen molar-refractivity contribution in [3.8, 4) is 5.75 Å². The van der Waals surface area contributed by atoms with E-state index in [9.17, 15) is 14.4 Å². The Bertz CT molecular complexity index is 664. The first-order valence-electron chi connectivity index (χ1n) is 8.49. The third kappa shape index (κ3) is 3.45. The maximum atomic E-state index is 12.8. The van der Waals surface area contributed by atoms with Gasteiger partial charge in [-0.25, -0.2) is 0 Å². The van der Waals surface area contributed by atoms with Gasteiger partial charge >= 0.3 is 0 Å². The molecule has 0 radical (unpaired) electrons. The third-order valence-electron chi connectivity index (χ3n) is 4.98. The van der Waals surface area contributed by atoms with E-state index in [1.54, 1.807) is 16.9 Å². The highest BCUT2D eigenvalue weighted by atomic mass is 16.5. The monoisotopic (exact) mass is 345 g/mol. The van der Waals surface area contributed by atoms with E-state index >= 15 is 0 Å². The Balaban J connectivity index is 1.59. The second kappa shape index (κ2) is 7.13. The number of benzene rings is 1. The number of ether oxygens (including phenoxy) is 1. The fourth-order valence-corrected chi connectivity index (χ4v) is 3.19. The van der Waals surface area contributed by atoms with Gasteiger partial charge in [0.25, 0.3) is 0 Å². The van der Waals surface area contributed by atoms with Gasteiger partial charge in [-0.1, -0.05) is 18.2 Å². The minimum Gasteiger partial charge on any atom is -0.496 e. The van der Waals surface area contributed by atoms with Crippen LogP contribution in [0.5, 0.6) is 5.75 Å². The molecule has 7 heteroatoms. The maximum absolute atomic E-state index is 12.8. The van der Waals surface area contributed by atoms with Crippen LogP contribution in [0.4, 0.5) is 0 Å². The molecular weight excluding hydrogens is 322 g/mol. The summed E-state index contributed by atoms with van der Waals surface area (Å²) >= 11 is 0. The molecular formula is C18H23N3O4. The van der Waals surface area contributed by atoms with Crippen molar-refractivity contribution in [1.82, 2.24) is 15.1 Å². The summed E-state index contributed by atoms with van der Waals surface area (Å²) in [5, 5.41) is 2.88. The molecule has 134 valence electrons. The fourth-order valence-electron chi connectivity index (χ4n) is 3.19. The third-order valence-corrected chi connectivity index (χ3v) is 4.98. The number of carbonyl (C=O) groups is 3. The summed E-state index contributed by atoms with van der Waals surface area (Å²) in [5.41, 5.74) is -0.0491. The molecule has 3 amide bonds. The number of rotatable bonds is 6. The molecule has 1 aromatic carbocycles. The molecule has 1 N–H and O–H groups in total. The molecule has 3 rings (SSSR count). The van der Waals surface area contributed by atoms with E-state index in [4.69, 9.17) is 4.74 Å². The van der Waals surface area contributed by atoms with Gasteiger partial charge in [0.2, 0.25) is 18.2 Å². The quantitative estimate of drug-likeness (QED) is 0.598. The van der Waals surface area contributed by atoms with E-state index < -0.39 is 5.41 Å². The molecule has 1 aromatic rings. The van der Waals surface area contributed by atoms with Crippen LogP contribution in [0.15, 0.2) is 24.3 Å². The van der Waals surface area contributed by atoms with Crippen LogP contribution in [0, 0.1) is 5.41 Å². The summed E-state index contributed by atoms with van der Waals surface area (Å²) < 4.78 is 5.28. The van der Waals surface area contributed by atoms with Crippen LogP contribution in [0.1, 0.15) is 18.4 Å². The highest BCUT2D eigenvalue weighted by molar-refractivity contribution is 6.07. The summed E-state index contributed by atoms with van der Waals surface area (Å²) in [6.45, 7) is 2.34. The van der Waals surface area contributed by atoms with Gasteiger partial charge in [-0.2, -0.15) is 0 Å². The second-order valence-electron chi connectivity index (χ2n) is 6.51. The Morgan fingerprint density at radius 2 is 1.88 bits per heavy atom. The smallest absolute Gasteiger partial charge is 0.238 e. The predicted molar refractivity (Wildman–Crippen MR) is 90.7 cm³/mol. The molecule has 1 heterocycles. The van der Waals surface area contributed by atoms with Crippen LogP contribution >= 0.6 is 0 Å². The Morgan fingerprint density at radius 1 is 1.20 bits per heavy atom. The van der Waals surface area contributed by atoms with Crippen molar-refractivity contribution in [2.75, 3.05) is 33.3 Å². The number of para-hydroxylation sites is 1. The zero-order valence-corrected chi connectivity index (χ0v) is 14.4. The zero-order valence-electron chi connectivity index (χ0n) is 14.4. The lowest BCUT2D eigenvalue weighted by atomic mass is 10.0. The Morgan fingerprint density at radius 3 is 2.48 bits per heavy atom. The minimum absolute atomic E-state index is 0.115. The summed E-state index contributed by atoms with van der Waals surface area (Å²) in [6, 6.07) is 7.48. The lowest BCUT2D eigenvalue weighted by Gasteiger charge is -2.34. The number of piperazine rings is 1. The van der Waals surface area contributed by atoms with Gasteiger partial charge in [-0.05, 0) is 18.9 Å². The highest BCUT2D eigenvalue weighted by Crippen LogP contribution is 2.47. The van der Waals surface area contributed by atoms with E-state index in [0.29, 0.717) is 51.3 Å². The van der Waals surface area contributed by atoms with Gasteiger partial charge in [0.1, 0.15) is 11.2 Å². The fraction of sp³-hybridized carbons (Fsp3) is 0.500. The predicted octanol–water partition coefficient (Wildman–Crippen LogP) is 0.392. The van der Waals surface area contributed by atoms with Gasteiger partial charge in [-0.3, -0.25) is 14.4 Å². The lowest BCUT2D eigenvalue weighted by molar-refractivity contribution is -0.146. The molecule has 1 saturated heterocycles. The first kappa shape index (κ1) is 17.3. The van der Waals surface area contributed by atoms with Crippen molar-refractivity contribution >= 4 is 18.2 Å². The zero-order chi connectivity index (χ0) is 17.9. The molecule has 0 bridgehead atoms. The average Bonchev–Trinajstić information content (AvgIpc) is 3.47. The first-order chi connectivity index (χ1) is 12.1. The Kier molecular flexibility index (Phi) is 4.92. The number of nitrogens with one attached hydrogen (secondary N) is 1. The van der Waals surface area contributed by atoms with E-state index in [1.165, 1.54) is 0 Å². The van der Waals surface area contributed by atoms with Crippen LogP contribution < -0.4 is 10.1 Å². The highest BCUT2D eigenvalue weighted by Gasteiger charge is 2.58. The molecule has 7 nitrogen and oxygen atoms in total. The Hall–Kier alpha value is -2.57. The van der Waals surface area contributed by atoms with Crippen molar-refractivity contribution < 1.29 is 19.1 Å². The number of carbonyl (C=O) groups excluding carboxylic acids is 3. The van der Waals surface area contributed by atoms with Gasteiger partial charge in [0.05, 0.1) is 7.11 Å². The summed E-state index contributed by atoms with van der Waals surface area (Å²) in [6.07, 6.45) is 1.96. The van der Waals surface area contributed by atoms with E-state index in [0.717, 1.165) is 12.0 Å². The van der Waals surface area contributed by atoms with Crippen molar-refractivity contribution in [2.45, 2.75) is 19.4 Å². The number of nitrogens with zero attached hydrogens (tertiary/aromatic N) is 2. The molecule has 0 spiro atoms. The van der Waals surface area contributed by atoms with Crippen LogP contribution in [0.25, 0.3) is 0 Å². The van der Waals surface area contributed by atoms with Crippen LogP contribution in [-0.4, -0.2) is 61.3 Å². The summed E-state index contributed by atoms with van der Waals surface area (Å²) in [7, 11) is 1.59. The lowest BCUT2D eigenvalue weighted by Crippen LogP contribution is -2.52. The summed E-state index contributed by atoms with van der Waals surface area (Å²) in [5.74, 6) is 0.376. The minimum atomic E-state index is -0.925. The molecule has 0 aromatic heterocycles. The Labute approximate surface area is 146 Å².